The first-order chi connectivity index (χ1) is 9.58. The van der Waals surface area contributed by atoms with E-state index in [0.29, 0.717) is 16.8 Å². The Kier molecular flexibility index (Phi) is 3.35. The quantitative estimate of drug-likeness (QED) is 0.715. The van der Waals surface area contributed by atoms with Crippen LogP contribution < -0.4 is 5.73 Å². The number of anilines is 1. The summed E-state index contributed by atoms with van der Waals surface area (Å²) in [7, 11) is 0. The summed E-state index contributed by atoms with van der Waals surface area (Å²) in [6.07, 6.45) is 1.89. The van der Waals surface area contributed by atoms with Crippen LogP contribution in [0, 0.1) is 6.92 Å². The van der Waals surface area contributed by atoms with E-state index in [4.69, 9.17) is 5.73 Å². The predicted molar refractivity (Wildman–Crippen MR) is 82.6 cm³/mol. The number of aryl methyl sites for hydroxylation is 1. The highest BCUT2D eigenvalue weighted by Gasteiger charge is 2.13. The number of nitrogens with zero attached hydrogens (tertiary/aromatic N) is 5. The van der Waals surface area contributed by atoms with Crippen LogP contribution in [0.2, 0.25) is 0 Å². The SMILES string of the molecule is CSc1nc(N)n2nc(-c3cc(Br)ccc3C)nc2n1. The monoisotopic (exact) mass is 350 g/mol. The van der Waals surface area contributed by atoms with Gasteiger partial charge in [-0.15, -0.1) is 5.10 Å². The summed E-state index contributed by atoms with van der Waals surface area (Å²) in [6, 6.07) is 5.96. The Morgan fingerprint density at radius 2 is 2.05 bits per heavy atom. The molecule has 0 radical (unpaired) electrons. The van der Waals surface area contributed by atoms with Gasteiger partial charge in [0.1, 0.15) is 0 Å². The molecule has 8 heteroatoms. The topological polar surface area (TPSA) is 82.0 Å². The van der Waals surface area contributed by atoms with Crippen LogP contribution in [0.4, 0.5) is 5.95 Å². The highest BCUT2D eigenvalue weighted by atomic mass is 79.9. The van der Waals surface area contributed by atoms with Crippen molar-refractivity contribution in [3.63, 3.8) is 0 Å². The smallest absolute Gasteiger partial charge is 0.258 e. The van der Waals surface area contributed by atoms with Gasteiger partial charge >= 0.3 is 0 Å². The van der Waals surface area contributed by atoms with E-state index in [1.54, 1.807) is 0 Å². The summed E-state index contributed by atoms with van der Waals surface area (Å²) in [6.45, 7) is 2.01. The van der Waals surface area contributed by atoms with Crippen molar-refractivity contribution in [1.82, 2.24) is 24.6 Å². The van der Waals surface area contributed by atoms with Gasteiger partial charge in [-0.05, 0) is 30.9 Å². The highest BCUT2D eigenvalue weighted by molar-refractivity contribution is 9.10. The van der Waals surface area contributed by atoms with E-state index < -0.39 is 0 Å². The molecule has 20 heavy (non-hydrogen) atoms. The Balaban J connectivity index is 2.22. The predicted octanol–water partition coefficient (Wildman–Crippen LogP) is 2.56. The molecule has 0 aliphatic rings. The highest BCUT2D eigenvalue weighted by Crippen LogP contribution is 2.25. The van der Waals surface area contributed by atoms with E-state index in [0.717, 1.165) is 15.6 Å². The van der Waals surface area contributed by atoms with E-state index >= 15 is 0 Å². The third-order valence-corrected chi connectivity index (χ3v) is 3.88. The number of benzene rings is 1. The van der Waals surface area contributed by atoms with Crippen LogP contribution in [0.5, 0.6) is 0 Å². The molecule has 1 aromatic carbocycles. The Labute approximate surface area is 128 Å². The summed E-state index contributed by atoms with van der Waals surface area (Å²) in [5.74, 6) is 1.32. The minimum atomic E-state index is 0.283. The van der Waals surface area contributed by atoms with Crippen LogP contribution >= 0.6 is 27.7 Å². The zero-order valence-corrected chi connectivity index (χ0v) is 13.2. The molecule has 0 aliphatic carbocycles. The van der Waals surface area contributed by atoms with Gasteiger partial charge in [0, 0.05) is 10.0 Å². The summed E-state index contributed by atoms with van der Waals surface area (Å²) in [5, 5.41) is 4.97. The van der Waals surface area contributed by atoms with Gasteiger partial charge in [-0.3, -0.25) is 0 Å². The van der Waals surface area contributed by atoms with E-state index in [9.17, 15) is 0 Å². The normalized spacial score (nSPS) is 11.2. The first-order valence-electron chi connectivity index (χ1n) is 5.79. The van der Waals surface area contributed by atoms with Crippen molar-refractivity contribution in [1.29, 1.82) is 0 Å². The zero-order valence-electron chi connectivity index (χ0n) is 10.8. The fourth-order valence-electron chi connectivity index (χ4n) is 1.83. The number of hydrogen-bond donors (Lipinski definition) is 1. The number of aromatic nitrogens is 5. The number of thioether (sulfide) groups is 1. The lowest BCUT2D eigenvalue weighted by molar-refractivity contribution is 0.851. The second-order valence-electron chi connectivity index (χ2n) is 4.17. The first kappa shape index (κ1) is 13.3. The Hall–Kier alpha value is -1.67. The van der Waals surface area contributed by atoms with Crippen LogP contribution in [-0.4, -0.2) is 30.8 Å². The Morgan fingerprint density at radius 1 is 1.25 bits per heavy atom. The van der Waals surface area contributed by atoms with E-state index in [1.165, 1.54) is 16.3 Å². The second kappa shape index (κ2) is 5.02. The molecule has 0 saturated carbocycles. The van der Waals surface area contributed by atoms with E-state index in [1.807, 2.05) is 31.4 Å². The average Bonchev–Trinajstić information content (AvgIpc) is 2.85. The summed E-state index contributed by atoms with van der Waals surface area (Å²) >= 11 is 4.87. The summed E-state index contributed by atoms with van der Waals surface area (Å²) in [4.78, 5) is 12.9. The number of fused-ring (bicyclic) bond motifs is 1. The van der Waals surface area contributed by atoms with Crippen molar-refractivity contribution in [3.05, 3.63) is 28.2 Å². The van der Waals surface area contributed by atoms with Gasteiger partial charge in [0.2, 0.25) is 5.95 Å². The summed E-state index contributed by atoms with van der Waals surface area (Å²) in [5.41, 5.74) is 7.90. The van der Waals surface area contributed by atoms with E-state index in [-0.39, 0.29) is 5.95 Å². The number of rotatable bonds is 2. The molecule has 2 aromatic heterocycles. The lowest BCUT2D eigenvalue weighted by Crippen LogP contribution is -2.04. The Bertz CT molecular complexity index is 800. The Morgan fingerprint density at radius 3 is 2.80 bits per heavy atom. The minimum absolute atomic E-state index is 0.283. The molecule has 0 unspecified atom stereocenters. The molecule has 0 aliphatic heterocycles. The maximum Gasteiger partial charge on any atom is 0.258 e. The van der Waals surface area contributed by atoms with Gasteiger partial charge in [-0.2, -0.15) is 19.5 Å². The molecule has 2 heterocycles. The molecule has 0 bridgehead atoms. The third-order valence-electron chi connectivity index (χ3n) is 2.84. The van der Waals surface area contributed by atoms with Gasteiger partial charge in [-0.25, -0.2) is 0 Å². The lowest BCUT2D eigenvalue weighted by atomic mass is 10.1. The largest absolute Gasteiger partial charge is 0.368 e. The zero-order chi connectivity index (χ0) is 14.3. The molecule has 0 fully saturated rings. The standard InChI is InChI=1S/C12H11BrN6S/c1-6-3-4-7(13)5-8(6)9-15-11-17-12(20-2)16-10(14)19(11)18-9/h3-5H,1-2H3,(H2,14,15,16,17,18). The molecule has 2 N–H and O–H groups in total. The molecule has 0 saturated heterocycles. The molecule has 0 amide bonds. The van der Waals surface area contributed by atoms with Gasteiger partial charge in [0.15, 0.2) is 11.0 Å². The average molecular weight is 351 g/mol. The fourth-order valence-corrected chi connectivity index (χ4v) is 2.55. The van der Waals surface area contributed by atoms with Crippen LogP contribution in [-0.2, 0) is 0 Å². The van der Waals surface area contributed by atoms with Crippen molar-refractivity contribution in [2.75, 3.05) is 12.0 Å². The maximum absolute atomic E-state index is 5.88. The van der Waals surface area contributed by atoms with Crippen LogP contribution in [0.3, 0.4) is 0 Å². The number of hydrogen-bond acceptors (Lipinski definition) is 6. The van der Waals surface area contributed by atoms with Crippen molar-refractivity contribution < 1.29 is 0 Å². The van der Waals surface area contributed by atoms with Crippen LogP contribution in [0.15, 0.2) is 27.8 Å². The molecule has 3 aromatic rings. The van der Waals surface area contributed by atoms with Crippen molar-refractivity contribution in [2.45, 2.75) is 12.1 Å². The number of halogens is 1. The lowest BCUT2D eigenvalue weighted by Gasteiger charge is -2.01. The molecule has 102 valence electrons. The maximum atomic E-state index is 5.88. The van der Waals surface area contributed by atoms with Gasteiger partial charge < -0.3 is 5.73 Å². The first-order valence-corrected chi connectivity index (χ1v) is 7.81. The molecule has 6 nitrogen and oxygen atoms in total. The molecular formula is C12H11BrN6S. The number of nitrogens with two attached hydrogens (primary N) is 1. The van der Waals surface area contributed by atoms with Gasteiger partial charge in [0.05, 0.1) is 0 Å². The molecule has 3 rings (SSSR count). The van der Waals surface area contributed by atoms with Gasteiger partial charge in [-0.1, -0.05) is 33.8 Å². The van der Waals surface area contributed by atoms with Crippen LogP contribution in [0.1, 0.15) is 5.56 Å². The van der Waals surface area contributed by atoms with Gasteiger partial charge in [0.25, 0.3) is 5.78 Å². The van der Waals surface area contributed by atoms with Crippen molar-refractivity contribution >= 4 is 39.4 Å². The molecular weight excluding hydrogens is 340 g/mol. The molecule has 0 atom stereocenters. The van der Waals surface area contributed by atoms with Crippen LogP contribution in [0.25, 0.3) is 17.2 Å². The van der Waals surface area contributed by atoms with E-state index in [2.05, 4.69) is 36.0 Å². The number of nitrogen functional groups attached to an aromatic ring is 1. The fraction of sp³-hybridized carbons (Fsp3) is 0.167. The second-order valence-corrected chi connectivity index (χ2v) is 5.86. The minimum Gasteiger partial charge on any atom is -0.368 e. The van der Waals surface area contributed by atoms with Crippen molar-refractivity contribution in [3.8, 4) is 11.4 Å². The summed E-state index contributed by atoms with van der Waals surface area (Å²) < 4.78 is 2.43. The molecule has 0 spiro atoms. The third kappa shape index (κ3) is 2.25. The van der Waals surface area contributed by atoms with Crippen molar-refractivity contribution in [2.24, 2.45) is 0 Å².